The highest BCUT2D eigenvalue weighted by Crippen LogP contribution is 2.38. The molecular weight excluding hydrogens is 719 g/mol. The van der Waals surface area contributed by atoms with Gasteiger partial charge in [-0.15, -0.1) is 0 Å². The van der Waals surface area contributed by atoms with E-state index in [0.29, 0.717) is 93.6 Å². The molecule has 12 nitrogen and oxygen atoms in total. The number of nitrogens with one attached hydrogen (secondary N) is 3. The molecule has 0 spiro atoms. The standard InChI is InChI=1S/C36H46Cl2N4O8S/c1-3-47-14-11-39-35(43)26-7-9-27(10-8-26)36(44)40-12-15-48-17-19-50-20-18-49-16-13-41-51(45,46)30-6-4-5-28(21-30)32-24-42(2)25-33-31(32)22-29(37)23-34(33)38/h4-10,21-23,32,41H,3,11-20,24-25H2,1-2H3,(H,39,43)(H,40,44). The van der Waals surface area contributed by atoms with Gasteiger partial charge in [-0.1, -0.05) is 35.3 Å². The van der Waals surface area contributed by atoms with Gasteiger partial charge in [0.15, 0.2) is 0 Å². The van der Waals surface area contributed by atoms with Crippen LogP contribution in [-0.4, -0.2) is 111 Å². The second-order valence-electron chi connectivity index (χ2n) is 11.8. The first-order valence-corrected chi connectivity index (χ1v) is 19.1. The van der Waals surface area contributed by atoms with Crippen LogP contribution in [0.1, 0.15) is 50.2 Å². The molecule has 0 bridgehead atoms. The summed E-state index contributed by atoms with van der Waals surface area (Å²) in [6, 6.07) is 17.0. The number of sulfonamides is 1. The molecule has 1 aliphatic heterocycles. The zero-order chi connectivity index (χ0) is 36.6. The van der Waals surface area contributed by atoms with Crippen LogP contribution in [-0.2, 0) is 35.5 Å². The Hall–Kier alpha value is -3.11. The molecule has 3 aromatic rings. The molecule has 0 radical (unpaired) electrons. The van der Waals surface area contributed by atoms with E-state index < -0.39 is 10.0 Å². The van der Waals surface area contributed by atoms with Crippen LogP contribution in [0.15, 0.2) is 65.6 Å². The number of halogens is 2. The summed E-state index contributed by atoms with van der Waals surface area (Å²) < 4.78 is 50.4. The third kappa shape index (κ3) is 12.8. The Bertz CT molecular complexity index is 1690. The lowest BCUT2D eigenvalue weighted by Crippen LogP contribution is -2.31. The highest BCUT2D eigenvalue weighted by molar-refractivity contribution is 7.89. The van der Waals surface area contributed by atoms with Crippen LogP contribution >= 0.6 is 23.2 Å². The zero-order valence-electron chi connectivity index (χ0n) is 28.9. The fourth-order valence-corrected chi connectivity index (χ4v) is 7.13. The number of fused-ring (bicyclic) bond motifs is 1. The van der Waals surface area contributed by atoms with E-state index in [2.05, 4.69) is 20.3 Å². The molecule has 278 valence electrons. The molecule has 4 rings (SSSR count). The number of hydrogen-bond acceptors (Lipinski definition) is 9. The van der Waals surface area contributed by atoms with Crippen molar-refractivity contribution in [1.82, 2.24) is 20.3 Å². The van der Waals surface area contributed by atoms with Crippen molar-refractivity contribution < 1.29 is 37.0 Å². The number of benzene rings is 3. The first-order valence-electron chi connectivity index (χ1n) is 16.8. The molecule has 15 heteroatoms. The number of carbonyl (C=O) groups is 2. The fraction of sp³-hybridized carbons (Fsp3) is 0.444. The Morgan fingerprint density at radius 3 is 1.96 bits per heavy atom. The minimum absolute atomic E-state index is 0.0759. The predicted molar refractivity (Wildman–Crippen MR) is 196 cm³/mol. The van der Waals surface area contributed by atoms with Crippen molar-refractivity contribution in [3.05, 3.63) is 98.5 Å². The molecule has 1 aliphatic rings. The van der Waals surface area contributed by atoms with Crippen LogP contribution < -0.4 is 15.4 Å². The molecule has 0 aliphatic carbocycles. The summed E-state index contributed by atoms with van der Waals surface area (Å²) in [4.78, 5) is 26.8. The van der Waals surface area contributed by atoms with Gasteiger partial charge in [-0.25, -0.2) is 13.1 Å². The number of nitrogens with zero attached hydrogens (tertiary/aromatic N) is 1. The summed E-state index contributed by atoms with van der Waals surface area (Å²) in [6.45, 7) is 6.95. The second-order valence-corrected chi connectivity index (χ2v) is 14.4. The minimum atomic E-state index is -3.76. The van der Waals surface area contributed by atoms with E-state index in [4.69, 9.17) is 42.1 Å². The molecule has 0 saturated carbocycles. The fourth-order valence-electron chi connectivity index (χ4n) is 5.50. The topological polar surface area (TPSA) is 145 Å². The summed E-state index contributed by atoms with van der Waals surface area (Å²) in [5, 5.41) is 6.69. The highest BCUT2D eigenvalue weighted by Gasteiger charge is 2.28. The predicted octanol–water partition coefficient (Wildman–Crippen LogP) is 4.10. The molecule has 1 atom stereocenters. The maximum atomic E-state index is 13.1. The van der Waals surface area contributed by atoms with Crippen molar-refractivity contribution in [3.63, 3.8) is 0 Å². The van der Waals surface area contributed by atoms with E-state index in [1.54, 1.807) is 48.5 Å². The van der Waals surface area contributed by atoms with Crippen molar-refractivity contribution in [2.45, 2.75) is 24.3 Å². The third-order valence-corrected chi connectivity index (χ3v) is 10.0. The van der Waals surface area contributed by atoms with Gasteiger partial charge in [0, 0.05) is 66.4 Å². The first-order chi connectivity index (χ1) is 24.6. The van der Waals surface area contributed by atoms with Crippen LogP contribution in [0.2, 0.25) is 10.0 Å². The molecule has 0 fully saturated rings. The molecule has 3 N–H and O–H groups in total. The largest absolute Gasteiger partial charge is 0.380 e. The molecule has 2 amide bonds. The quantitative estimate of drug-likeness (QED) is 0.137. The van der Waals surface area contributed by atoms with Gasteiger partial charge in [-0.05, 0) is 79.2 Å². The Morgan fingerprint density at radius 2 is 1.35 bits per heavy atom. The highest BCUT2D eigenvalue weighted by atomic mass is 35.5. The lowest BCUT2D eigenvalue weighted by atomic mass is 9.85. The van der Waals surface area contributed by atoms with Gasteiger partial charge < -0.3 is 34.5 Å². The van der Waals surface area contributed by atoms with E-state index in [-0.39, 0.29) is 35.8 Å². The minimum Gasteiger partial charge on any atom is -0.380 e. The van der Waals surface area contributed by atoms with Crippen LogP contribution in [0, 0.1) is 0 Å². The average molecular weight is 766 g/mol. The van der Waals surface area contributed by atoms with Crippen molar-refractivity contribution in [2.75, 3.05) is 86.1 Å². The SMILES string of the molecule is CCOCCNC(=O)c1ccc(C(=O)NCCOCCOCCOCCNS(=O)(=O)c2cccc(C3CN(C)Cc4c(Cl)cc(Cl)cc43)c2)cc1. The third-order valence-electron chi connectivity index (χ3n) is 8.02. The van der Waals surface area contributed by atoms with Crippen LogP contribution in [0.3, 0.4) is 0 Å². The summed E-state index contributed by atoms with van der Waals surface area (Å²) in [7, 11) is -1.75. The molecular formula is C36H46Cl2N4O8S. The van der Waals surface area contributed by atoms with Gasteiger partial charge >= 0.3 is 0 Å². The van der Waals surface area contributed by atoms with Crippen molar-refractivity contribution in [3.8, 4) is 0 Å². The molecule has 51 heavy (non-hydrogen) atoms. The first kappa shape index (κ1) is 40.7. The van der Waals surface area contributed by atoms with Crippen molar-refractivity contribution in [1.29, 1.82) is 0 Å². The van der Waals surface area contributed by atoms with E-state index >= 15 is 0 Å². The van der Waals surface area contributed by atoms with Crippen LogP contribution in [0.4, 0.5) is 0 Å². The molecule has 0 aromatic heterocycles. The average Bonchev–Trinajstić information content (AvgIpc) is 3.12. The Balaban J connectivity index is 1.05. The van der Waals surface area contributed by atoms with Gasteiger partial charge in [0.25, 0.3) is 11.8 Å². The maximum absolute atomic E-state index is 13.1. The number of amides is 2. The van der Waals surface area contributed by atoms with Gasteiger partial charge in [0.2, 0.25) is 10.0 Å². The van der Waals surface area contributed by atoms with Gasteiger partial charge in [0.1, 0.15) is 0 Å². The zero-order valence-corrected chi connectivity index (χ0v) is 31.2. The van der Waals surface area contributed by atoms with E-state index in [9.17, 15) is 18.0 Å². The van der Waals surface area contributed by atoms with Gasteiger partial charge in [0.05, 0.1) is 51.1 Å². The Labute approximate surface area is 310 Å². The van der Waals surface area contributed by atoms with E-state index in [1.165, 1.54) is 0 Å². The Morgan fingerprint density at radius 1 is 0.784 bits per heavy atom. The molecule has 1 heterocycles. The monoisotopic (exact) mass is 764 g/mol. The van der Waals surface area contributed by atoms with Crippen LogP contribution in [0.25, 0.3) is 0 Å². The lowest BCUT2D eigenvalue weighted by Gasteiger charge is -2.33. The molecule has 0 saturated heterocycles. The molecule has 3 aromatic carbocycles. The van der Waals surface area contributed by atoms with E-state index in [1.807, 2.05) is 26.1 Å². The van der Waals surface area contributed by atoms with Gasteiger partial charge in [-0.3, -0.25) is 9.59 Å². The Kier molecular flexibility index (Phi) is 16.6. The summed E-state index contributed by atoms with van der Waals surface area (Å²) in [5.74, 6) is -0.562. The second kappa shape index (κ2) is 20.8. The van der Waals surface area contributed by atoms with E-state index in [0.717, 1.165) is 16.7 Å². The lowest BCUT2D eigenvalue weighted by molar-refractivity contribution is 0.0162. The smallest absolute Gasteiger partial charge is 0.251 e. The van der Waals surface area contributed by atoms with Crippen LogP contribution in [0.5, 0.6) is 0 Å². The summed E-state index contributed by atoms with van der Waals surface area (Å²) in [5.41, 5.74) is 3.78. The normalized spacial score (nSPS) is 14.6. The molecule has 1 unspecified atom stereocenters. The number of ether oxygens (including phenoxy) is 4. The van der Waals surface area contributed by atoms with Crippen molar-refractivity contribution in [2.24, 2.45) is 0 Å². The number of carbonyl (C=O) groups excluding carboxylic acids is 2. The van der Waals surface area contributed by atoms with Gasteiger partial charge in [-0.2, -0.15) is 0 Å². The summed E-state index contributed by atoms with van der Waals surface area (Å²) in [6.07, 6.45) is 0. The summed E-state index contributed by atoms with van der Waals surface area (Å²) >= 11 is 12.8. The number of likely N-dealkylation sites (N-methyl/N-ethyl adjacent to an activating group) is 1. The van der Waals surface area contributed by atoms with Crippen molar-refractivity contribution >= 4 is 45.0 Å². The number of rotatable bonds is 21. The maximum Gasteiger partial charge on any atom is 0.251 e. The number of hydrogen-bond donors (Lipinski definition) is 3.